The molecule has 0 radical (unpaired) electrons. The third kappa shape index (κ3) is 4.71. The molecule has 0 aliphatic carbocycles. The summed E-state index contributed by atoms with van der Waals surface area (Å²) in [5, 5.41) is 13.4. The average molecular weight is 442 g/mol. The van der Waals surface area contributed by atoms with Crippen LogP contribution in [-0.4, -0.2) is 72.3 Å². The second-order valence-corrected chi connectivity index (χ2v) is 9.41. The Kier molecular flexibility index (Phi) is 6.62. The van der Waals surface area contributed by atoms with Crippen molar-refractivity contribution in [1.82, 2.24) is 34.3 Å². The molecule has 4 rings (SSSR count). The van der Waals surface area contributed by atoms with Crippen LogP contribution in [-0.2, 0) is 29.1 Å². The number of aryl methyl sites for hydroxylation is 3. The molecule has 2 aromatic rings. The predicted molar refractivity (Wildman–Crippen MR) is 120 cm³/mol. The zero-order chi connectivity index (χ0) is 22.8. The van der Waals surface area contributed by atoms with Gasteiger partial charge in [-0.1, -0.05) is 13.8 Å². The summed E-state index contributed by atoms with van der Waals surface area (Å²) < 4.78 is 4.14. The zero-order valence-corrected chi connectivity index (χ0v) is 19.8. The van der Waals surface area contributed by atoms with Crippen molar-refractivity contribution in [3.05, 3.63) is 29.1 Å². The van der Waals surface area contributed by atoms with Gasteiger partial charge in [-0.15, -0.1) is 10.2 Å². The minimum atomic E-state index is 0.0149. The molecule has 0 spiro atoms. The molecule has 9 nitrogen and oxygen atoms in total. The van der Waals surface area contributed by atoms with Crippen molar-refractivity contribution in [3.63, 3.8) is 0 Å². The van der Waals surface area contributed by atoms with E-state index in [1.54, 1.807) is 0 Å². The lowest BCUT2D eigenvalue weighted by Crippen LogP contribution is -2.39. The van der Waals surface area contributed by atoms with Crippen LogP contribution in [0.5, 0.6) is 0 Å². The van der Waals surface area contributed by atoms with Gasteiger partial charge in [0.1, 0.15) is 11.6 Å². The first kappa shape index (κ1) is 22.5. The Morgan fingerprint density at radius 1 is 1.03 bits per heavy atom. The molecule has 2 aliphatic rings. The lowest BCUT2D eigenvalue weighted by molar-refractivity contribution is -0.134. The number of nitrogens with zero attached hydrogens (tertiary/aromatic N) is 7. The van der Waals surface area contributed by atoms with Gasteiger partial charge in [0.25, 0.3) is 0 Å². The number of fused-ring (bicyclic) bond motifs is 1. The number of amides is 2. The Balaban J connectivity index is 1.32. The second kappa shape index (κ2) is 9.42. The van der Waals surface area contributed by atoms with E-state index < -0.39 is 0 Å². The van der Waals surface area contributed by atoms with Gasteiger partial charge in [0.2, 0.25) is 11.8 Å². The van der Waals surface area contributed by atoms with Crippen molar-refractivity contribution in [2.45, 2.75) is 72.4 Å². The number of carbonyl (C=O) groups is 2. The first-order valence-corrected chi connectivity index (χ1v) is 11.8. The quantitative estimate of drug-likeness (QED) is 0.707. The molecule has 0 unspecified atom stereocenters. The van der Waals surface area contributed by atoms with Crippen molar-refractivity contribution in [3.8, 4) is 0 Å². The molecule has 0 bridgehead atoms. The minimum Gasteiger partial charge on any atom is -0.343 e. The first-order chi connectivity index (χ1) is 15.3. The Bertz CT molecular complexity index is 969. The number of piperidine rings is 1. The topological polar surface area (TPSA) is 89.2 Å². The largest absolute Gasteiger partial charge is 0.343 e. The molecule has 9 heteroatoms. The lowest BCUT2D eigenvalue weighted by atomic mass is 9.95. The maximum atomic E-state index is 12.7. The molecule has 2 aromatic heterocycles. The van der Waals surface area contributed by atoms with Crippen LogP contribution in [0.4, 0.5) is 0 Å². The van der Waals surface area contributed by atoms with Gasteiger partial charge in [-0.2, -0.15) is 5.10 Å². The maximum absolute atomic E-state index is 12.7. The van der Waals surface area contributed by atoms with Gasteiger partial charge in [0.15, 0.2) is 0 Å². The molecule has 0 saturated carbocycles. The van der Waals surface area contributed by atoms with Gasteiger partial charge in [0, 0.05) is 69.6 Å². The number of likely N-dealkylation sites (tertiary alicyclic amines) is 1. The molecule has 0 N–H and O–H groups in total. The number of hydrogen-bond donors (Lipinski definition) is 0. The Morgan fingerprint density at radius 2 is 1.78 bits per heavy atom. The number of rotatable bonds is 5. The summed E-state index contributed by atoms with van der Waals surface area (Å²) in [7, 11) is 0. The monoisotopic (exact) mass is 441 g/mol. The highest BCUT2D eigenvalue weighted by Gasteiger charge is 2.30. The van der Waals surface area contributed by atoms with Crippen LogP contribution in [0.2, 0.25) is 0 Å². The molecule has 174 valence electrons. The summed E-state index contributed by atoms with van der Waals surface area (Å²) in [5.74, 6) is 2.72. The van der Waals surface area contributed by atoms with E-state index in [9.17, 15) is 9.59 Å². The summed E-state index contributed by atoms with van der Waals surface area (Å²) in [6, 6.07) is 2.04. The Labute approximate surface area is 189 Å². The molecule has 1 saturated heterocycles. The predicted octanol–water partition coefficient (Wildman–Crippen LogP) is 1.93. The van der Waals surface area contributed by atoms with Gasteiger partial charge < -0.3 is 14.4 Å². The first-order valence-electron chi connectivity index (χ1n) is 11.8. The van der Waals surface area contributed by atoms with Crippen LogP contribution < -0.4 is 0 Å². The minimum absolute atomic E-state index is 0.0149. The fourth-order valence-electron chi connectivity index (χ4n) is 4.88. The van der Waals surface area contributed by atoms with Gasteiger partial charge in [-0.05, 0) is 32.8 Å². The van der Waals surface area contributed by atoms with E-state index in [1.165, 1.54) is 0 Å². The van der Waals surface area contributed by atoms with Crippen LogP contribution in [0.3, 0.4) is 0 Å². The van der Waals surface area contributed by atoms with Gasteiger partial charge in [-0.3, -0.25) is 14.3 Å². The third-order valence-corrected chi connectivity index (χ3v) is 6.71. The summed E-state index contributed by atoms with van der Waals surface area (Å²) in [4.78, 5) is 29.1. The van der Waals surface area contributed by atoms with Crippen LogP contribution >= 0.6 is 0 Å². The number of aromatic nitrogens is 5. The van der Waals surface area contributed by atoms with E-state index in [0.717, 1.165) is 61.9 Å². The van der Waals surface area contributed by atoms with E-state index in [4.69, 9.17) is 0 Å². The van der Waals surface area contributed by atoms with Crippen LogP contribution in [0.15, 0.2) is 6.07 Å². The van der Waals surface area contributed by atoms with E-state index in [1.807, 2.05) is 48.2 Å². The van der Waals surface area contributed by atoms with Crippen molar-refractivity contribution < 1.29 is 9.59 Å². The third-order valence-electron chi connectivity index (χ3n) is 6.71. The maximum Gasteiger partial charge on any atom is 0.225 e. The molecule has 32 heavy (non-hydrogen) atoms. The summed E-state index contributed by atoms with van der Waals surface area (Å²) in [5.41, 5.74) is 2.08. The highest BCUT2D eigenvalue weighted by Crippen LogP contribution is 2.28. The van der Waals surface area contributed by atoms with E-state index >= 15 is 0 Å². The van der Waals surface area contributed by atoms with Crippen molar-refractivity contribution >= 4 is 11.8 Å². The molecule has 2 aliphatic heterocycles. The number of hydrogen-bond acceptors (Lipinski definition) is 5. The van der Waals surface area contributed by atoms with E-state index in [0.29, 0.717) is 32.0 Å². The molecular weight excluding hydrogens is 406 g/mol. The number of carbonyl (C=O) groups excluding carboxylic acids is 2. The Morgan fingerprint density at radius 3 is 2.44 bits per heavy atom. The van der Waals surface area contributed by atoms with Gasteiger partial charge in [0.05, 0.1) is 5.69 Å². The normalized spacial score (nSPS) is 17.5. The summed E-state index contributed by atoms with van der Waals surface area (Å²) in [6.07, 6.45) is 3.03. The van der Waals surface area contributed by atoms with Gasteiger partial charge in [-0.25, -0.2) is 0 Å². The fraction of sp³-hybridized carbons (Fsp3) is 0.696. The summed E-state index contributed by atoms with van der Waals surface area (Å²) >= 11 is 0. The molecule has 0 atom stereocenters. The Hall–Kier alpha value is -2.71. The second-order valence-electron chi connectivity index (χ2n) is 9.41. The van der Waals surface area contributed by atoms with Crippen molar-refractivity contribution in [2.75, 3.05) is 26.2 Å². The summed E-state index contributed by atoms with van der Waals surface area (Å²) in [6.45, 7) is 12.2. The van der Waals surface area contributed by atoms with Crippen molar-refractivity contribution in [1.29, 1.82) is 0 Å². The average Bonchev–Trinajstić information content (AvgIpc) is 3.25. The fourth-order valence-corrected chi connectivity index (χ4v) is 4.88. The molecular formula is C23H35N7O2. The molecule has 0 aromatic carbocycles. The lowest BCUT2D eigenvalue weighted by Gasteiger charge is -2.32. The van der Waals surface area contributed by atoms with Gasteiger partial charge >= 0.3 is 0 Å². The van der Waals surface area contributed by atoms with E-state index in [2.05, 4.69) is 19.9 Å². The molecule has 1 fully saturated rings. The molecule has 4 heterocycles. The highest BCUT2D eigenvalue weighted by atomic mass is 16.2. The smallest absolute Gasteiger partial charge is 0.225 e. The standard InChI is InChI=1S/C23H35N7O2/c1-16(2)23(32)28-11-7-20-24-25-22(29(20)14-13-28)19-5-9-27(10-6-19)21(31)8-12-30-18(4)15-17(3)26-30/h15-16,19H,5-14H2,1-4H3. The van der Waals surface area contributed by atoms with Crippen LogP contribution in [0, 0.1) is 19.8 Å². The van der Waals surface area contributed by atoms with Crippen LogP contribution in [0.25, 0.3) is 0 Å². The molecule has 2 amide bonds. The van der Waals surface area contributed by atoms with Crippen LogP contribution in [0.1, 0.15) is 62.1 Å². The highest BCUT2D eigenvalue weighted by molar-refractivity contribution is 5.78. The van der Waals surface area contributed by atoms with E-state index in [-0.39, 0.29) is 17.7 Å². The SMILES string of the molecule is Cc1cc(C)n(CCC(=O)N2CCC(c3nnc4n3CCN(C(=O)C(C)C)CC4)CC2)n1. The van der Waals surface area contributed by atoms with Crippen molar-refractivity contribution in [2.24, 2.45) is 5.92 Å². The zero-order valence-electron chi connectivity index (χ0n) is 19.8.